The molecule has 54 heavy (non-hydrogen) atoms. The van der Waals surface area contributed by atoms with Crippen LogP contribution in [0.3, 0.4) is 0 Å². The fourth-order valence-electron chi connectivity index (χ4n) is 7.59. The van der Waals surface area contributed by atoms with Crippen molar-refractivity contribution < 1.29 is 4.74 Å². The second-order valence-electron chi connectivity index (χ2n) is 13.4. The molecule has 0 amide bonds. The fourth-order valence-corrected chi connectivity index (χ4v) is 7.59. The van der Waals surface area contributed by atoms with E-state index < -0.39 is 0 Å². The van der Waals surface area contributed by atoms with Crippen molar-refractivity contribution in [1.29, 1.82) is 0 Å². The van der Waals surface area contributed by atoms with Crippen LogP contribution in [0.4, 0.5) is 17.1 Å². The highest BCUT2D eigenvalue weighted by atomic mass is 16.5. The second-order valence-corrected chi connectivity index (χ2v) is 13.4. The van der Waals surface area contributed by atoms with E-state index in [9.17, 15) is 0 Å². The summed E-state index contributed by atoms with van der Waals surface area (Å²) in [4.78, 5) is 12.8. The SMILES string of the molecule is c1ccc(-c2cccc(N(c3ccccc3)c3ccc4c5c(cccc35)-c3c(cccc3-c3nc(-c5ccccc5)cc(-c5ccccc5)n3)O4)c2)cc1. The van der Waals surface area contributed by atoms with Crippen LogP contribution in [-0.2, 0) is 0 Å². The van der Waals surface area contributed by atoms with Gasteiger partial charge in [0.15, 0.2) is 5.82 Å². The van der Waals surface area contributed by atoms with Gasteiger partial charge in [0.25, 0.3) is 0 Å². The third kappa shape index (κ3) is 5.58. The van der Waals surface area contributed by atoms with Gasteiger partial charge in [-0.3, -0.25) is 0 Å². The topological polar surface area (TPSA) is 38.2 Å². The van der Waals surface area contributed by atoms with Gasteiger partial charge in [-0.05, 0) is 65.2 Å². The van der Waals surface area contributed by atoms with Crippen molar-refractivity contribution in [1.82, 2.24) is 9.97 Å². The lowest BCUT2D eigenvalue weighted by atomic mass is 9.90. The van der Waals surface area contributed by atoms with Crippen molar-refractivity contribution in [3.8, 4) is 67.7 Å². The third-order valence-electron chi connectivity index (χ3n) is 10.1. The van der Waals surface area contributed by atoms with Crippen molar-refractivity contribution in [2.75, 3.05) is 4.90 Å². The zero-order chi connectivity index (χ0) is 35.8. The summed E-state index contributed by atoms with van der Waals surface area (Å²) in [5, 5.41) is 2.14. The van der Waals surface area contributed by atoms with Crippen LogP contribution in [0.1, 0.15) is 0 Å². The number of rotatable bonds is 7. The molecule has 1 aromatic heterocycles. The molecule has 0 saturated heterocycles. The smallest absolute Gasteiger partial charge is 0.161 e. The molecule has 254 valence electrons. The summed E-state index contributed by atoms with van der Waals surface area (Å²) in [6.07, 6.45) is 0. The molecule has 8 aromatic carbocycles. The average molecular weight is 692 g/mol. The van der Waals surface area contributed by atoms with Gasteiger partial charge in [-0.15, -0.1) is 0 Å². The summed E-state index contributed by atoms with van der Waals surface area (Å²) in [5.74, 6) is 2.26. The summed E-state index contributed by atoms with van der Waals surface area (Å²) < 4.78 is 6.79. The Morgan fingerprint density at radius 1 is 0.389 bits per heavy atom. The van der Waals surface area contributed by atoms with Gasteiger partial charge in [-0.1, -0.05) is 152 Å². The van der Waals surface area contributed by atoms with Crippen LogP contribution in [0.2, 0.25) is 0 Å². The maximum atomic E-state index is 6.79. The number of fused-ring (bicyclic) bond motifs is 2. The predicted molar refractivity (Wildman–Crippen MR) is 221 cm³/mol. The van der Waals surface area contributed by atoms with Crippen LogP contribution in [0.25, 0.3) is 66.9 Å². The van der Waals surface area contributed by atoms with Gasteiger partial charge in [0.2, 0.25) is 0 Å². The molecule has 9 aromatic rings. The number of aromatic nitrogens is 2. The molecule has 0 radical (unpaired) electrons. The third-order valence-corrected chi connectivity index (χ3v) is 10.1. The summed E-state index contributed by atoms with van der Waals surface area (Å²) >= 11 is 0. The number of benzene rings is 8. The Morgan fingerprint density at radius 3 is 1.63 bits per heavy atom. The number of nitrogens with zero attached hydrogens (tertiary/aromatic N) is 3. The molecule has 0 bridgehead atoms. The largest absolute Gasteiger partial charge is 0.456 e. The molecule has 0 saturated carbocycles. The summed E-state index contributed by atoms with van der Waals surface area (Å²) in [6.45, 7) is 0. The number of anilines is 3. The highest BCUT2D eigenvalue weighted by Crippen LogP contribution is 2.53. The monoisotopic (exact) mass is 691 g/mol. The van der Waals surface area contributed by atoms with E-state index in [0.29, 0.717) is 5.82 Å². The zero-order valence-corrected chi connectivity index (χ0v) is 29.3. The van der Waals surface area contributed by atoms with Crippen LogP contribution in [0.5, 0.6) is 11.5 Å². The molecule has 4 heteroatoms. The Kier molecular flexibility index (Phi) is 7.77. The van der Waals surface area contributed by atoms with Gasteiger partial charge < -0.3 is 9.64 Å². The lowest BCUT2D eigenvalue weighted by Crippen LogP contribution is -2.11. The van der Waals surface area contributed by atoms with Crippen molar-refractivity contribution in [2.45, 2.75) is 0 Å². The van der Waals surface area contributed by atoms with Crippen LogP contribution < -0.4 is 9.64 Å². The number of ether oxygens (including phenoxy) is 1. The average Bonchev–Trinajstić information content (AvgIpc) is 3.25. The van der Waals surface area contributed by atoms with E-state index in [4.69, 9.17) is 14.7 Å². The van der Waals surface area contributed by atoms with Gasteiger partial charge in [0.05, 0.1) is 17.1 Å². The first kappa shape index (κ1) is 31.4. The summed E-state index contributed by atoms with van der Waals surface area (Å²) in [5.41, 5.74) is 12.3. The lowest BCUT2D eigenvalue weighted by molar-refractivity contribution is 0.487. The molecule has 0 N–H and O–H groups in total. The molecule has 4 nitrogen and oxygen atoms in total. The van der Waals surface area contributed by atoms with Crippen LogP contribution in [-0.4, -0.2) is 9.97 Å². The Bertz CT molecular complexity index is 2730. The standard InChI is InChI=1S/C50H33N3O/c1-5-16-34(17-6-1)37-22-13-25-39(32-37)53(38-23-11-4-12-24-38)45-30-31-47-48-40(45)26-14-27-41(48)49-42(28-15-29-46(49)54-47)50-51-43(35-18-7-2-8-19-35)33-44(52-50)36-20-9-3-10-21-36/h1-33H. The first-order valence-corrected chi connectivity index (χ1v) is 18.2. The molecule has 0 unspecified atom stereocenters. The quantitative estimate of drug-likeness (QED) is 0.167. The van der Waals surface area contributed by atoms with Gasteiger partial charge in [0.1, 0.15) is 11.5 Å². The molecule has 1 aliphatic heterocycles. The highest BCUT2D eigenvalue weighted by molar-refractivity contribution is 6.12. The molecule has 0 aliphatic carbocycles. The van der Waals surface area contributed by atoms with E-state index >= 15 is 0 Å². The molecular formula is C50H33N3O. The first-order chi connectivity index (χ1) is 26.8. The van der Waals surface area contributed by atoms with Crippen molar-refractivity contribution in [3.63, 3.8) is 0 Å². The molecule has 2 heterocycles. The Balaban J connectivity index is 1.17. The van der Waals surface area contributed by atoms with Crippen molar-refractivity contribution in [3.05, 3.63) is 200 Å². The van der Waals surface area contributed by atoms with E-state index in [-0.39, 0.29) is 0 Å². The van der Waals surface area contributed by atoms with E-state index in [2.05, 4.69) is 157 Å². The Labute approximate surface area is 314 Å². The molecule has 1 aliphatic rings. The van der Waals surface area contributed by atoms with E-state index in [1.165, 1.54) is 5.56 Å². The lowest BCUT2D eigenvalue weighted by Gasteiger charge is -2.30. The van der Waals surface area contributed by atoms with E-state index in [1.807, 2.05) is 48.5 Å². The minimum absolute atomic E-state index is 0.649. The fraction of sp³-hybridized carbons (Fsp3) is 0. The molecule has 0 atom stereocenters. The summed E-state index contributed by atoms with van der Waals surface area (Å²) in [7, 11) is 0. The predicted octanol–water partition coefficient (Wildman–Crippen LogP) is 13.5. The summed E-state index contributed by atoms with van der Waals surface area (Å²) in [6, 6.07) is 69.6. The van der Waals surface area contributed by atoms with Crippen molar-refractivity contribution >= 4 is 27.8 Å². The minimum atomic E-state index is 0.649. The van der Waals surface area contributed by atoms with Gasteiger partial charge >= 0.3 is 0 Å². The Morgan fingerprint density at radius 2 is 0.944 bits per heavy atom. The maximum absolute atomic E-state index is 6.79. The van der Waals surface area contributed by atoms with Crippen LogP contribution >= 0.6 is 0 Å². The molecule has 0 spiro atoms. The van der Waals surface area contributed by atoms with Gasteiger partial charge in [-0.2, -0.15) is 0 Å². The molecule has 10 rings (SSSR count). The minimum Gasteiger partial charge on any atom is -0.456 e. The van der Waals surface area contributed by atoms with Crippen molar-refractivity contribution in [2.24, 2.45) is 0 Å². The van der Waals surface area contributed by atoms with Crippen LogP contribution in [0, 0.1) is 0 Å². The van der Waals surface area contributed by atoms with E-state index in [0.717, 1.165) is 84.1 Å². The van der Waals surface area contributed by atoms with Gasteiger partial charge in [0, 0.05) is 44.4 Å². The van der Waals surface area contributed by atoms with Gasteiger partial charge in [-0.25, -0.2) is 9.97 Å². The zero-order valence-electron chi connectivity index (χ0n) is 29.3. The number of para-hydroxylation sites is 1. The normalized spacial score (nSPS) is 11.5. The van der Waals surface area contributed by atoms with E-state index in [1.54, 1.807) is 0 Å². The van der Waals surface area contributed by atoms with Crippen LogP contribution in [0.15, 0.2) is 200 Å². The number of hydrogen-bond donors (Lipinski definition) is 0. The molecule has 0 fully saturated rings. The maximum Gasteiger partial charge on any atom is 0.161 e. The highest BCUT2D eigenvalue weighted by Gasteiger charge is 2.27. The first-order valence-electron chi connectivity index (χ1n) is 18.2. The number of hydrogen-bond acceptors (Lipinski definition) is 4. The molecular weight excluding hydrogens is 659 g/mol. The Hall–Kier alpha value is -7.30. The second kappa shape index (κ2) is 13.4.